The molecule has 0 spiro atoms. The van der Waals surface area contributed by atoms with Crippen LogP contribution in [0.2, 0.25) is 0 Å². The van der Waals surface area contributed by atoms with Gasteiger partial charge in [-0.1, -0.05) is 81.3 Å². The molecule has 4 rings (SSSR count). The van der Waals surface area contributed by atoms with Crippen molar-refractivity contribution < 1.29 is 22.4 Å². The van der Waals surface area contributed by atoms with Crippen LogP contribution in [0.5, 0.6) is 0 Å². The largest absolute Gasteiger partial charge is 0.352 e. The molecule has 1 N–H and O–H groups in total. The number of sulfonamides is 1. The van der Waals surface area contributed by atoms with Gasteiger partial charge in [0.05, 0.1) is 11.9 Å². The molecule has 1 aliphatic carbocycles. The number of hydrogen-bond acceptors (Lipinski definition) is 4. The van der Waals surface area contributed by atoms with Crippen LogP contribution >= 0.6 is 0 Å². The highest BCUT2D eigenvalue weighted by Gasteiger charge is 2.34. The van der Waals surface area contributed by atoms with Gasteiger partial charge < -0.3 is 10.2 Å². The second kappa shape index (κ2) is 14.0. The van der Waals surface area contributed by atoms with E-state index < -0.39 is 34.3 Å². The quantitative estimate of drug-likeness (QED) is 0.304. The Balaban J connectivity index is 1.71. The average Bonchev–Trinajstić information content (AvgIpc) is 3.47. The lowest BCUT2D eigenvalue weighted by Gasteiger charge is -2.34. The highest BCUT2D eigenvalue weighted by atomic mass is 32.2. The van der Waals surface area contributed by atoms with E-state index in [4.69, 9.17) is 0 Å². The molecule has 224 valence electrons. The molecule has 3 aromatic carbocycles. The fraction of sp³-hybridized carbons (Fsp3) is 0.394. The summed E-state index contributed by atoms with van der Waals surface area (Å²) in [5, 5.41) is 3.14. The zero-order valence-electron chi connectivity index (χ0n) is 24.5. The molecule has 0 radical (unpaired) electrons. The number of anilines is 1. The van der Waals surface area contributed by atoms with Gasteiger partial charge in [0.15, 0.2) is 0 Å². The van der Waals surface area contributed by atoms with Crippen molar-refractivity contribution in [3.63, 3.8) is 0 Å². The molecule has 0 aromatic heterocycles. The van der Waals surface area contributed by atoms with E-state index in [9.17, 15) is 22.4 Å². The van der Waals surface area contributed by atoms with Gasteiger partial charge in [-0.3, -0.25) is 13.9 Å². The maximum atomic E-state index is 14.2. The molecule has 1 aliphatic rings. The van der Waals surface area contributed by atoms with Crippen LogP contribution in [0.15, 0.2) is 78.9 Å². The van der Waals surface area contributed by atoms with Crippen molar-refractivity contribution in [3.8, 4) is 0 Å². The first-order chi connectivity index (χ1) is 20.0. The molecule has 0 saturated heterocycles. The van der Waals surface area contributed by atoms with Crippen LogP contribution in [0.4, 0.5) is 10.1 Å². The molecule has 3 aromatic rings. The van der Waals surface area contributed by atoms with Gasteiger partial charge in [-0.25, -0.2) is 12.8 Å². The van der Waals surface area contributed by atoms with Crippen LogP contribution in [0, 0.1) is 5.82 Å². The Hall–Kier alpha value is -3.72. The Kier molecular flexibility index (Phi) is 10.4. The van der Waals surface area contributed by atoms with Crippen LogP contribution in [0.3, 0.4) is 0 Å². The van der Waals surface area contributed by atoms with Gasteiger partial charge in [-0.2, -0.15) is 0 Å². The Bertz CT molecular complexity index is 1440. The van der Waals surface area contributed by atoms with Crippen molar-refractivity contribution >= 4 is 27.5 Å². The summed E-state index contributed by atoms with van der Waals surface area (Å²) in [6, 6.07) is 21.4. The normalized spacial score (nSPS) is 14.5. The number of carbonyl (C=O) groups excluding carboxylic acids is 2. The summed E-state index contributed by atoms with van der Waals surface area (Å²) in [6.07, 6.45) is 5.13. The molecule has 42 heavy (non-hydrogen) atoms. The number of benzene rings is 3. The number of amides is 2. The molecular formula is C33H40FN3O4S. The molecule has 7 nitrogen and oxygen atoms in total. The third-order valence-electron chi connectivity index (χ3n) is 7.77. The molecule has 1 atom stereocenters. The third-order valence-corrected chi connectivity index (χ3v) is 8.91. The maximum absolute atomic E-state index is 14.2. The topological polar surface area (TPSA) is 86.8 Å². The van der Waals surface area contributed by atoms with Crippen LogP contribution in [-0.4, -0.2) is 50.0 Å². The lowest BCUT2D eigenvalue weighted by Crippen LogP contribution is -2.54. The lowest BCUT2D eigenvalue weighted by molar-refractivity contribution is -0.140. The minimum Gasteiger partial charge on any atom is -0.352 e. The minimum absolute atomic E-state index is 0.0125. The Morgan fingerprint density at radius 1 is 0.905 bits per heavy atom. The number of rotatable bonds is 12. The monoisotopic (exact) mass is 593 g/mol. The van der Waals surface area contributed by atoms with E-state index in [1.54, 1.807) is 24.3 Å². The molecule has 2 amide bonds. The molecule has 0 aliphatic heterocycles. The van der Waals surface area contributed by atoms with Gasteiger partial charge in [0, 0.05) is 19.0 Å². The summed E-state index contributed by atoms with van der Waals surface area (Å²) < 4.78 is 40.7. The van der Waals surface area contributed by atoms with Gasteiger partial charge in [-0.05, 0) is 59.7 Å². The van der Waals surface area contributed by atoms with Gasteiger partial charge in [0.1, 0.15) is 18.4 Å². The second-order valence-electron chi connectivity index (χ2n) is 11.4. The van der Waals surface area contributed by atoms with Crippen LogP contribution in [0.25, 0.3) is 0 Å². The first-order valence-electron chi connectivity index (χ1n) is 14.5. The lowest BCUT2D eigenvalue weighted by atomic mass is 10.0. The smallest absolute Gasteiger partial charge is 0.244 e. The summed E-state index contributed by atoms with van der Waals surface area (Å²) in [5.74, 6) is -0.964. The number of carbonyl (C=O) groups is 2. The van der Waals surface area contributed by atoms with Crippen molar-refractivity contribution in [2.45, 2.75) is 70.5 Å². The average molecular weight is 594 g/mol. The highest BCUT2D eigenvalue weighted by molar-refractivity contribution is 7.92. The summed E-state index contributed by atoms with van der Waals surface area (Å²) in [5.41, 5.74) is 2.91. The summed E-state index contributed by atoms with van der Waals surface area (Å²) in [4.78, 5) is 29.4. The number of nitrogens with zero attached hydrogens (tertiary/aromatic N) is 2. The first-order valence-corrected chi connectivity index (χ1v) is 16.3. The Morgan fingerprint density at radius 2 is 1.52 bits per heavy atom. The SMILES string of the molecule is CC(C)c1ccc(N(CC(=O)N(Cc2ccc(F)cc2)[C@H](Cc2ccccc2)C(=O)NC2CCCC2)S(C)(=O)=O)cc1. The predicted octanol–water partition coefficient (Wildman–Crippen LogP) is 5.41. The highest BCUT2D eigenvalue weighted by Crippen LogP contribution is 2.24. The Morgan fingerprint density at radius 3 is 2.10 bits per heavy atom. The first kappa shape index (κ1) is 31.2. The van der Waals surface area contributed by atoms with Gasteiger partial charge in [-0.15, -0.1) is 0 Å². The summed E-state index contributed by atoms with van der Waals surface area (Å²) in [7, 11) is -3.85. The van der Waals surface area contributed by atoms with Crippen LogP contribution in [0.1, 0.15) is 62.1 Å². The summed E-state index contributed by atoms with van der Waals surface area (Å²) >= 11 is 0. The second-order valence-corrected chi connectivity index (χ2v) is 13.3. The molecule has 1 fully saturated rings. The van der Waals surface area contributed by atoms with E-state index in [1.807, 2.05) is 56.3 Å². The molecule has 9 heteroatoms. The van der Waals surface area contributed by atoms with Gasteiger partial charge in [0.25, 0.3) is 0 Å². The van der Waals surface area contributed by atoms with Crippen molar-refractivity contribution in [2.75, 3.05) is 17.1 Å². The van der Waals surface area contributed by atoms with E-state index >= 15 is 0 Å². The van der Waals surface area contributed by atoms with E-state index in [0.29, 0.717) is 11.3 Å². The van der Waals surface area contributed by atoms with E-state index in [0.717, 1.165) is 47.4 Å². The fourth-order valence-corrected chi connectivity index (χ4v) is 6.20. The number of halogens is 1. The van der Waals surface area contributed by atoms with Gasteiger partial charge >= 0.3 is 0 Å². The van der Waals surface area contributed by atoms with Crippen molar-refractivity contribution in [3.05, 3.63) is 101 Å². The van der Waals surface area contributed by atoms with E-state index in [1.165, 1.54) is 17.0 Å². The van der Waals surface area contributed by atoms with Crippen LogP contribution < -0.4 is 9.62 Å². The van der Waals surface area contributed by atoms with Crippen molar-refractivity contribution in [2.24, 2.45) is 0 Å². The third kappa shape index (κ3) is 8.41. The molecule has 0 bridgehead atoms. The van der Waals surface area contributed by atoms with Crippen LogP contribution in [-0.2, 0) is 32.6 Å². The fourth-order valence-electron chi connectivity index (χ4n) is 5.35. The molecule has 1 saturated carbocycles. The van der Waals surface area contributed by atoms with E-state index in [2.05, 4.69) is 5.32 Å². The Labute approximate surface area is 248 Å². The number of hydrogen-bond donors (Lipinski definition) is 1. The molecule has 0 heterocycles. The minimum atomic E-state index is -3.85. The summed E-state index contributed by atoms with van der Waals surface area (Å²) in [6.45, 7) is 3.62. The molecular weight excluding hydrogens is 553 g/mol. The zero-order valence-corrected chi connectivity index (χ0v) is 25.3. The standard InChI is InChI=1S/C33H40FN3O4S/c1-24(2)27-15-19-30(20-16-27)37(42(3,40)41)23-32(38)36(22-26-13-17-28(34)18-14-26)31(21-25-9-5-4-6-10-25)33(39)35-29-11-7-8-12-29/h4-6,9-10,13-20,24,29,31H,7-8,11-12,21-23H2,1-3H3,(H,35,39)/t31-/m1/s1. The maximum Gasteiger partial charge on any atom is 0.244 e. The van der Waals surface area contributed by atoms with E-state index in [-0.39, 0.29) is 30.8 Å². The number of nitrogens with one attached hydrogen (secondary N) is 1. The van der Waals surface area contributed by atoms with Gasteiger partial charge in [0.2, 0.25) is 21.8 Å². The van der Waals surface area contributed by atoms with Crippen molar-refractivity contribution in [1.82, 2.24) is 10.2 Å². The molecule has 0 unspecified atom stereocenters. The van der Waals surface area contributed by atoms with Crippen molar-refractivity contribution in [1.29, 1.82) is 0 Å². The zero-order chi connectivity index (χ0) is 30.3. The predicted molar refractivity (Wildman–Crippen MR) is 164 cm³/mol.